The van der Waals surface area contributed by atoms with Gasteiger partial charge in [-0.05, 0) is 24.5 Å². The van der Waals surface area contributed by atoms with Gasteiger partial charge in [0, 0.05) is 43.8 Å². The maximum atomic E-state index is 6.46. The van der Waals surface area contributed by atoms with E-state index in [2.05, 4.69) is 34.4 Å². The van der Waals surface area contributed by atoms with Crippen LogP contribution >= 0.6 is 11.6 Å². The number of hydrogen-bond acceptors (Lipinski definition) is 4. The molecule has 1 saturated heterocycles. The van der Waals surface area contributed by atoms with E-state index in [4.69, 9.17) is 16.3 Å². The number of nitrogens with one attached hydrogen (secondary N) is 1. The molecule has 5 heteroatoms. The van der Waals surface area contributed by atoms with Gasteiger partial charge in [0.1, 0.15) is 0 Å². The number of halogens is 1. The molecule has 3 rings (SSSR count). The van der Waals surface area contributed by atoms with Gasteiger partial charge in [0.25, 0.3) is 0 Å². The Morgan fingerprint density at radius 1 is 1.33 bits per heavy atom. The molecule has 0 unspecified atom stereocenters. The molecule has 0 amide bonds. The van der Waals surface area contributed by atoms with Crippen LogP contribution in [0.25, 0.3) is 0 Å². The quantitative estimate of drug-likeness (QED) is 0.931. The van der Waals surface area contributed by atoms with Gasteiger partial charge < -0.3 is 15.0 Å². The van der Waals surface area contributed by atoms with Crippen LogP contribution in [0.1, 0.15) is 18.4 Å². The predicted octanol–water partition coefficient (Wildman–Crippen LogP) is 2.28. The molecule has 0 aromatic heterocycles. The standard InChI is InChI=1S/C16H22ClN3O/c1-20-9-8-18-15(20)19-12-16(6-10-21-11-7-16)13-4-2-3-5-14(13)17/h2-5H,6-12H2,1H3,(H,18,19). The second kappa shape index (κ2) is 6.24. The molecular weight excluding hydrogens is 286 g/mol. The van der Waals surface area contributed by atoms with Gasteiger partial charge in [0.2, 0.25) is 0 Å². The van der Waals surface area contributed by atoms with E-state index < -0.39 is 0 Å². The van der Waals surface area contributed by atoms with Crippen molar-refractivity contribution in [2.45, 2.75) is 18.3 Å². The van der Waals surface area contributed by atoms with Crippen LogP contribution in [0.2, 0.25) is 5.02 Å². The lowest BCUT2D eigenvalue weighted by atomic mass is 9.74. The highest BCUT2D eigenvalue weighted by Crippen LogP contribution is 2.38. The third-order valence-corrected chi connectivity index (χ3v) is 4.87. The second-order valence-electron chi connectivity index (χ2n) is 5.85. The summed E-state index contributed by atoms with van der Waals surface area (Å²) in [5, 5.41) is 4.38. The van der Waals surface area contributed by atoms with Gasteiger partial charge in [-0.25, -0.2) is 0 Å². The van der Waals surface area contributed by atoms with E-state index in [1.54, 1.807) is 0 Å². The third-order valence-electron chi connectivity index (χ3n) is 4.54. The summed E-state index contributed by atoms with van der Waals surface area (Å²) in [6, 6.07) is 8.18. The summed E-state index contributed by atoms with van der Waals surface area (Å²) in [6.45, 7) is 4.29. The van der Waals surface area contributed by atoms with Crippen molar-refractivity contribution in [1.29, 1.82) is 0 Å². The molecule has 0 aliphatic carbocycles. The van der Waals surface area contributed by atoms with Crippen LogP contribution < -0.4 is 5.32 Å². The van der Waals surface area contributed by atoms with Gasteiger partial charge >= 0.3 is 0 Å². The molecule has 1 aromatic rings. The number of nitrogens with zero attached hydrogens (tertiary/aromatic N) is 2. The number of guanidine groups is 1. The average molecular weight is 308 g/mol. The average Bonchev–Trinajstić information content (AvgIpc) is 2.92. The molecule has 1 aromatic carbocycles. The minimum atomic E-state index is 0.0303. The number of aliphatic imine (C=N–C) groups is 1. The molecule has 0 bridgehead atoms. The minimum absolute atomic E-state index is 0.0303. The highest BCUT2D eigenvalue weighted by molar-refractivity contribution is 6.31. The van der Waals surface area contributed by atoms with Crippen LogP contribution in [0.4, 0.5) is 0 Å². The van der Waals surface area contributed by atoms with Gasteiger partial charge in [0.05, 0.1) is 6.54 Å². The SMILES string of the molecule is CN1CCN=C1NCC1(c2ccccc2Cl)CCOCC1. The Morgan fingerprint density at radius 2 is 2.10 bits per heavy atom. The topological polar surface area (TPSA) is 36.9 Å². The second-order valence-corrected chi connectivity index (χ2v) is 6.26. The third kappa shape index (κ3) is 3.01. The van der Waals surface area contributed by atoms with Gasteiger partial charge in [-0.1, -0.05) is 29.8 Å². The Morgan fingerprint density at radius 3 is 2.76 bits per heavy atom. The van der Waals surface area contributed by atoms with E-state index in [1.807, 2.05) is 12.1 Å². The summed E-state index contributed by atoms with van der Waals surface area (Å²) in [5.74, 6) is 0.993. The Kier molecular flexibility index (Phi) is 4.36. The van der Waals surface area contributed by atoms with Crippen molar-refractivity contribution in [3.05, 3.63) is 34.9 Å². The monoisotopic (exact) mass is 307 g/mol. The van der Waals surface area contributed by atoms with E-state index in [1.165, 1.54) is 5.56 Å². The van der Waals surface area contributed by atoms with Crippen molar-refractivity contribution in [2.75, 3.05) is 39.9 Å². The number of likely N-dealkylation sites (N-methyl/N-ethyl adjacent to an activating group) is 1. The zero-order valence-corrected chi connectivity index (χ0v) is 13.2. The zero-order chi connectivity index (χ0) is 14.7. The summed E-state index contributed by atoms with van der Waals surface area (Å²) >= 11 is 6.46. The van der Waals surface area contributed by atoms with Crippen LogP contribution in [0.3, 0.4) is 0 Å². The molecule has 0 atom stereocenters. The lowest BCUT2D eigenvalue weighted by Crippen LogP contribution is -2.47. The summed E-state index contributed by atoms with van der Waals surface area (Å²) in [6.07, 6.45) is 1.97. The lowest BCUT2D eigenvalue weighted by Gasteiger charge is -2.39. The van der Waals surface area contributed by atoms with E-state index in [0.29, 0.717) is 0 Å². The fraction of sp³-hybridized carbons (Fsp3) is 0.562. The zero-order valence-electron chi connectivity index (χ0n) is 12.4. The van der Waals surface area contributed by atoms with Crippen molar-refractivity contribution in [3.63, 3.8) is 0 Å². The Balaban J connectivity index is 1.82. The van der Waals surface area contributed by atoms with Gasteiger partial charge in [-0.2, -0.15) is 0 Å². The molecule has 2 aliphatic heterocycles. The van der Waals surface area contributed by atoms with Crippen LogP contribution in [0.5, 0.6) is 0 Å². The number of rotatable bonds is 3. The summed E-state index contributed by atoms with van der Waals surface area (Å²) in [7, 11) is 2.07. The van der Waals surface area contributed by atoms with Crippen LogP contribution in [-0.2, 0) is 10.2 Å². The molecule has 1 fully saturated rings. The van der Waals surface area contributed by atoms with Crippen LogP contribution in [0.15, 0.2) is 29.3 Å². The summed E-state index contributed by atoms with van der Waals surface area (Å²) in [5.41, 5.74) is 1.26. The molecule has 2 aliphatic rings. The van der Waals surface area contributed by atoms with Crippen molar-refractivity contribution < 1.29 is 4.74 Å². The van der Waals surface area contributed by atoms with Crippen molar-refractivity contribution >= 4 is 17.6 Å². The first-order valence-corrected chi connectivity index (χ1v) is 7.91. The molecule has 4 nitrogen and oxygen atoms in total. The van der Waals surface area contributed by atoms with Gasteiger partial charge in [-0.3, -0.25) is 4.99 Å². The number of ether oxygens (including phenoxy) is 1. The molecule has 0 radical (unpaired) electrons. The van der Waals surface area contributed by atoms with Gasteiger partial charge in [-0.15, -0.1) is 0 Å². The predicted molar refractivity (Wildman–Crippen MR) is 86.1 cm³/mol. The normalized spacial score (nSPS) is 21.2. The molecule has 1 N–H and O–H groups in total. The first-order valence-electron chi connectivity index (χ1n) is 7.53. The van der Waals surface area contributed by atoms with Crippen LogP contribution in [-0.4, -0.2) is 50.8 Å². The first kappa shape index (κ1) is 14.7. The summed E-state index contributed by atoms with van der Waals surface area (Å²) in [4.78, 5) is 6.68. The number of hydrogen-bond donors (Lipinski definition) is 1. The molecule has 2 heterocycles. The number of benzene rings is 1. The van der Waals surface area contributed by atoms with Crippen molar-refractivity contribution in [3.8, 4) is 0 Å². The smallest absolute Gasteiger partial charge is 0.193 e. The molecule has 0 spiro atoms. The first-order chi connectivity index (χ1) is 10.2. The Bertz CT molecular complexity index is 526. The lowest BCUT2D eigenvalue weighted by molar-refractivity contribution is 0.0513. The van der Waals surface area contributed by atoms with E-state index in [9.17, 15) is 0 Å². The fourth-order valence-electron chi connectivity index (χ4n) is 3.17. The van der Waals surface area contributed by atoms with Crippen molar-refractivity contribution in [2.24, 2.45) is 4.99 Å². The maximum Gasteiger partial charge on any atom is 0.193 e. The molecule has 0 saturated carbocycles. The highest BCUT2D eigenvalue weighted by atomic mass is 35.5. The fourth-order valence-corrected chi connectivity index (χ4v) is 3.50. The largest absolute Gasteiger partial charge is 0.381 e. The minimum Gasteiger partial charge on any atom is -0.381 e. The van der Waals surface area contributed by atoms with E-state index in [-0.39, 0.29) is 5.41 Å². The van der Waals surface area contributed by atoms with Crippen molar-refractivity contribution in [1.82, 2.24) is 10.2 Å². The van der Waals surface area contributed by atoms with Gasteiger partial charge in [0.15, 0.2) is 5.96 Å². The van der Waals surface area contributed by atoms with E-state index in [0.717, 1.165) is 56.7 Å². The Labute approximate surface area is 131 Å². The summed E-state index contributed by atoms with van der Waals surface area (Å²) < 4.78 is 5.57. The molecule has 114 valence electrons. The molecule has 21 heavy (non-hydrogen) atoms. The van der Waals surface area contributed by atoms with E-state index >= 15 is 0 Å². The van der Waals surface area contributed by atoms with Crippen LogP contribution in [0, 0.1) is 0 Å². The highest BCUT2D eigenvalue weighted by Gasteiger charge is 2.36. The maximum absolute atomic E-state index is 6.46. The Hall–Kier alpha value is -1.26. The molecular formula is C16H22ClN3O.